The van der Waals surface area contributed by atoms with Gasteiger partial charge in [-0.25, -0.2) is 9.79 Å². The highest BCUT2D eigenvalue weighted by Crippen LogP contribution is 2.43. The Bertz CT molecular complexity index is 1030. The Morgan fingerprint density at radius 1 is 1.10 bits per heavy atom. The molecule has 0 radical (unpaired) electrons. The maximum atomic E-state index is 12.9. The number of amidine groups is 1. The highest BCUT2D eigenvalue weighted by atomic mass is 32.2. The molecular weight excluding hydrogens is 388 g/mol. The van der Waals surface area contributed by atoms with E-state index in [-0.39, 0.29) is 11.2 Å². The van der Waals surface area contributed by atoms with Crippen LogP contribution in [0.1, 0.15) is 25.5 Å². The van der Waals surface area contributed by atoms with Gasteiger partial charge in [0.2, 0.25) is 5.91 Å². The Hall–Kier alpha value is -3.06. The van der Waals surface area contributed by atoms with Crippen molar-refractivity contribution < 1.29 is 19.1 Å². The van der Waals surface area contributed by atoms with E-state index in [0.29, 0.717) is 27.9 Å². The molecular formula is C22H20N2O4S. The smallest absolute Gasteiger partial charge is 0.338 e. The van der Waals surface area contributed by atoms with Gasteiger partial charge in [-0.05, 0) is 43.7 Å². The molecule has 2 atom stereocenters. The summed E-state index contributed by atoms with van der Waals surface area (Å²) in [4.78, 5) is 31.6. The van der Waals surface area contributed by atoms with Crippen LogP contribution in [0.15, 0.2) is 70.9 Å². The first-order valence-corrected chi connectivity index (χ1v) is 10.1. The molecule has 0 N–H and O–H groups in total. The number of benzene rings is 2. The van der Waals surface area contributed by atoms with Gasteiger partial charge in [-0.2, -0.15) is 0 Å². The van der Waals surface area contributed by atoms with Crippen LogP contribution >= 0.6 is 11.8 Å². The standard InChI is InChI=1S/C22H20N2O4S/c1-13-18(21(26)27-3)19(24-20(25)14(2)29-22(24)23-13)15-8-7-11-17(12-15)28-16-9-5-4-6-10-16/h4-12,14,19H,1-3H3. The summed E-state index contributed by atoms with van der Waals surface area (Å²) in [7, 11) is 1.33. The van der Waals surface area contributed by atoms with Crippen LogP contribution < -0.4 is 4.74 Å². The average Bonchev–Trinajstić information content (AvgIpc) is 3.00. The van der Waals surface area contributed by atoms with Gasteiger partial charge < -0.3 is 9.47 Å². The molecule has 1 fully saturated rings. The van der Waals surface area contributed by atoms with Crippen molar-refractivity contribution >= 4 is 28.8 Å². The van der Waals surface area contributed by atoms with Crippen LogP contribution in [-0.4, -0.2) is 34.3 Å². The summed E-state index contributed by atoms with van der Waals surface area (Å²) in [5.41, 5.74) is 1.67. The number of carbonyl (C=O) groups is 2. The fraction of sp³-hybridized carbons (Fsp3) is 0.227. The van der Waals surface area contributed by atoms with Gasteiger partial charge in [0.05, 0.1) is 29.7 Å². The number of nitrogens with zero attached hydrogens (tertiary/aromatic N) is 2. The van der Waals surface area contributed by atoms with Gasteiger partial charge in [0, 0.05) is 0 Å². The van der Waals surface area contributed by atoms with Crippen molar-refractivity contribution in [3.63, 3.8) is 0 Å². The van der Waals surface area contributed by atoms with Crippen LogP contribution in [0.3, 0.4) is 0 Å². The summed E-state index contributed by atoms with van der Waals surface area (Å²) in [5, 5.41) is 0.344. The number of hydrogen-bond acceptors (Lipinski definition) is 6. The molecule has 29 heavy (non-hydrogen) atoms. The van der Waals surface area contributed by atoms with Crippen LogP contribution in [0.25, 0.3) is 0 Å². The van der Waals surface area contributed by atoms with Crippen LogP contribution in [-0.2, 0) is 14.3 Å². The molecule has 0 saturated carbocycles. The normalized spacial score (nSPS) is 21.0. The van der Waals surface area contributed by atoms with Crippen molar-refractivity contribution in [1.29, 1.82) is 0 Å². The van der Waals surface area contributed by atoms with Crippen LogP contribution in [0.5, 0.6) is 11.5 Å². The van der Waals surface area contributed by atoms with E-state index in [1.54, 1.807) is 11.8 Å². The zero-order valence-electron chi connectivity index (χ0n) is 16.3. The van der Waals surface area contributed by atoms with Crippen molar-refractivity contribution in [2.45, 2.75) is 25.1 Å². The van der Waals surface area contributed by atoms with Gasteiger partial charge in [0.1, 0.15) is 11.5 Å². The molecule has 2 unspecified atom stereocenters. The number of aliphatic imine (C=N–C) groups is 1. The van der Waals surface area contributed by atoms with E-state index in [0.717, 1.165) is 5.56 Å². The number of ether oxygens (including phenoxy) is 2. The lowest BCUT2D eigenvalue weighted by Crippen LogP contribution is -2.40. The minimum atomic E-state index is -0.612. The first kappa shape index (κ1) is 19.3. The summed E-state index contributed by atoms with van der Waals surface area (Å²) >= 11 is 1.40. The number of hydrogen-bond donors (Lipinski definition) is 0. The monoisotopic (exact) mass is 408 g/mol. The minimum Gasteiger partial charge on any atom is -0.466 e. The quantitative estimate of drug-likeness (QED) is 0.706. The highest BCUT2D eigenvalue weighted by molar-refractivity contribution is 8.15. The molecule has 2 aliphatic rings. The molecule has 7 heteroatoms. The number of methoxy groups -OCH3 is 1. The first-order chi connectivity index (χ1) is 14.0. The van der Waals surface area contributed by atoms with Crippen molar-refractivity contribution in [2.75, 3.05) is 7.11 Å². The predicted molar refractivity (Wildman–Crippen MR) is 112 cm³/mol. The van der Waals surface area contributed by atoms with Crippen molar-refractivity contribution in [1.82, 2.24) is 4.90 Å². The van der Waals surface area contributed by atoms with Crippen molar-refractivity contribution in [3.8, 4) is 11.5 Å². The van der Waals surface area contributed by atoms with Crippen molar-refractivity contribution in [3.05, 3.63) is 71.4 Å². The maximum absolute atomic E-state index is 12.9. The molecule has 1 amide bonds. The molecule has 148 valence electrons. The topological polar surface area (TPSA) is 68.2 Å². The van der Waals surface area contributed by atoms with E-state index < -0.39 is 12.0 Å². The molecule has 4 rings (SSSR count). The zero-order valence-corrected chi connectivity index (χ0v) is 17.1. The number of esters is 1. The summed E-state index contributed by atoms with van der Waals surface area (Å²) < 4.78 is 11.0. The molecule has 2 aromatic rings. The fourth-order valence-electron chi connectivity index (χ4n) is 3.46. The third kappa shape index (κ3) is 3.53. The summed E-state index contributed by atoms with van der Waals surface area (Å²) in [6.07, 6.45) is 0. The third-order valence-corrected chi connectivity index (χ3v) is 5.87. The Morgan fingerprint density at radius 2 is 1.83 bits per heavy atom. The lowest BCUT2D eigenvalue weighted by Gasteiger charge is -2.33. The lowest BCUT2D eigenvalue weighted by atomic mass is 9.94. The molecule has 0 aliphatic carbocycles. The van der Waals surface area contributed by atoms with Crippen LogP contribution in [0.4, 0.5) is 0 Å². The van der Waals surface area contributed by atoms with Gasteiger partial charge in [0.15, 0.2) is 5.17 Å². The fourth-order valence-corrected chi connectivity index (χ4v) is 4.49. The molecule has 1 saturated heterocycles. The van der Waals surface area contributed by atoms with Gasteiger partial charge in [0.25, 0.3) is 0 Å². The average molecular weight is 408 g/mol. The number of fused-ring (bicyclic) bond motifs is 1. The Balaban J connectivity index is 1.78. The second-order valence-corrected chi connectivity index (χ2v) is 8.05. The van der Waals surface area contributed by atoms with E-state index in [2.05, 4.69) is 4.99 Å². The maximum Gasteiger partial charge on any atom is 0.338 e. The van der Waals surface area contributed by atoms with E-state index in [4.69, 9.17) is 9.47 Å². The van der Waals surface area contributed by atoms with E-state index in [1.807, 2.05) is 61.5 Å². The molecule has 6 nitrogen and oxygen atoms in total. The second kappa shape index (κ2) is 7.75. The predicted octanol–water partition coefficient (Wildman–Crippen LogP) is 4.30. The molecule has 0 spiro atoms. The number of carbonyl (C=O) groups excluding carboxylic acids is 2. The van der Waals surface area contributed by atoms with Gasteiger partial charge in [-0.15, -0.1) is 0 Å². The number of rotatable bonds is 4. The van der Waals surface area contributed by atoms with Gasteiger partial charge in [-0.1, -0.05) is 42.1 Å². The highest BCUT2D eigenvalue weighted by Gasteiger charge is 2.46. The summed E-state index contributed by atoms with van der Waals surface area (Å²) in [5.74, 6) is 0.743. The van der Waals surface area contributed by atoms with Crippen LogP contribution in [0, 0.1) is 0 Å². The third-order valence-electron chi connectivity index (χ3n) is 4.82. The number of para-hydroxylation sites is 1. The van der Waals surface area contributed by atoms with E-state index in [1.165, 1.54) is 18.9 Å². The molecule has 0 bridgehead atoms. The Morgan fingerprint density at radius 3 is 2.55 bits per heavy atom. The second-order valence-electron chi connectivity index (χ2n) is 6.74. The SMILES string of the molecule is COC(=O)C1=C(C)N=C2SC(C)C(=O)N2C1c1cccc(Oc2ccccc2)c1. The lowest BCUT2D eigenvalue weighted by molar-refractivity contribution is -0.137. The largest absolute Gasteiger partial charge is 0.466 e. The van der Waals surface area contributed by atoms with Gasteiger partial charge >= 0.3 is 5.97 Å². The molecule has 0 aromatic heterocycles. The van der Waals surface area contributed by atoms with Gasteiger partial charge in [-0.3, -0.25) is 9.69 Å². The Kier molecular flexibility index (Phi) is 5.15. The first-order valence-electron chi connectivity index (χ1n) is 9.20. The number of thioether (sulfide) groups is 1. The number of allylic oxidation sites excluding steroid dienone is 1. The van der Waals surface area contributed by atoms with E-state index >= 15 is 0 Å². The van der Waals surface area contributed by atoms with E-state index in [9.17, 15) is 9.59 Å². The molecule has 2 aliphatic heterocycles. The van der Waals surface area contributed by atoms with Crippen LogP contribution in [0.2, 0.25) is 0 Å². The summed E-state index contributed by atoms with van der Waals surface area (Å²) in [6, 6.07) is 16.2. The molecule has 2 aromatic carbocycles. The van der Waals surface area contributed by atoms with Crippen molar-refractivity contribution in [2.24, 2.45) is 4.99 Å². The number of amides is 1. The molecule has 2 heterocycles. The summed E-state index contributed by atoms with van der Waals surface area (Å²) in [6.45, 7) is 3.61. The zero-order chi connectivity index (χ0) is 20.5. The minimum absolute atomic E-state index is 0.0815. The Labute approximate surface area is 173 Å².